The summed E-state index contributed by atoms with van der Waals surface area (Å²) in [5, 5.41) is 62.7. The number of thiol groups is 1. The first-order chi connectivity index (χ1) is 13.2. The van der Waals surface area contributed by atoms with Crippen LogP contribution >= 0.6 is 12.6 Å². The number of aliphatic hydroxyl groups excluding tert-OH is 6. The standard InChI is InChI=1S/C6H14O6.C5H9NO3S.C2H7NO3S/c7-1-3(9)5(11)6(12)4(10)2-8;1-3(7)6-4(2-10)5(8)9;3-1-2-7(4,5)6/h3-12H,1-2H2;4,10H,2H2,1H3,(H,6,7)(H,8,9);1-3H2,(H,4,5,6)/t3-,4-,5-,6-;;/m1../s1. The van der Waals surface area contributed by atoms with Crippen molar-refractivity contribution in [2.75, 3.05) is 31.3 Å². The summed E-state index contributed by atoms with van der Waals surface area (Å²) in [5.41, 5.74) is 4.78. The van der Waals surface area contributed by atoms with Crippen molar-refractivity contribution in [1.82, 2.24) is 5.32 Å². The summed E-state index contributed by atoms with van der Waals surface area (Å²) in [6.07, 6.45) is -6.39. The third-order valence-corrected chi connectivity index (χ3v) is 3.86. The number of nitrogens with two attached hydrogens (primary N) is 1. The van der Waals surface area contributed by atoms with Crippen molar-refractivity contribution in [2.24, 2.45) is 5.73 Å². The highest BCUT2D eigenvalue weighted by molar-refractivity contribution is 7.85. The Morgan fingerprint density at radius 2 is 1.41 bits per heavy atom. The van der Waals surface area contributed by atoms with Crippen molar-refractivity contribution < 1.29 is 58.3 Å². The van der Waals surface area contributed by atoms with Crippen molar-refractivity contribution in [3.8, 4) is 0 Å². The second-order valence-corrected chi connectivity index (χ2v) is 7.27. The van der Waals surface area contributed by atoms with E-state index >= 15 is 0 Å². The molecule has 0 bridgehead atoms. The molecule has 0 aromatic carbocycles. The number of aliphatic hydroxyl groups is 6. The molecule has 0 aliphatic rings. The van der Waals surface area contributed by atoms with Crippen LogP contribution in [0.15, 0.2) is 0 Å². The van der Waals surface area contributed by atoms with Gasteiger partial charge in [0.2, 0.25) is 5.91 Å². The van der Waals surface area contributed by atoms with E-state index in [1.165, 1.54) is 6.92 Å². The van der Waals surface area contributed by atoms with E-state index in [0.29, 0.717) is 0 Å². The van der Waals surface area contributed by atoms with Crippen LogP contribution in [0.4, 0.5) is 0 Å². The Labute approximate surface area is 173 Å². The molecule has 0 aliphatic carbocycles. The second-order valence-electron chi connectivity index (χ2n) is 5.33. The van der Waals surface area contributed by atoms with E-state index in [1.54, 1.807) is 0 Å². The summed E-state index contributed by atoms with van der Waals surface area (Å²) in [5.74, 6) is -1.67. The molecule has 0 fully saturated rings. The predicted octanol–water partition coefficient (Wildman–Crippen LogP) is -5.25. The maximum absolute atomic E-state index is 10.3. The largest absolute Gasteiger partial charge is 0.480 e. The first-order valence-electron chi connectivity index (χ1n) is 7.88. The average Bonchev–Trinajstić information content (AvgIpc) is 2.63. The number of carbonyl (C=O) groups is 2. The molecule has 0 radical (unpaired) electrons. The molecule has 0 aromatic heterocycles. The van der Waals surface area contributed by atoms with E-state index < -0.39 is 59.8 Å². The first kappa shape index (κ1) is 32.6. The van der Waals surface area contributed by atoms with Crippen LogP contribution in [0.2, 0.25) is 0 Å². The van der Waals surface area contributed by atoms with E-state index in [2.05, 4.69) is 17.9 Å². The number of carbonyl (C=O) groups excluding carboxylic acids is 1. The Bertz CT molecular complexity index is 534. The number of aliphatic carboxylic acids is 1. The molecule has 0 aliphatic heterocycles. The zero-order valence-electron chi connectivity index (χ0n) is 15.6. The smallest absolute Gasteiger partial charge is 0.327 e. The Morgan fingerprint density at radius 1 is 1.03 bits per heavy atom. The van der Waals surface area contributed by atoms with Gasteiger partial charge in [-0.3, -0.25) is 9.35 Å². The third-order valence-electron chi connectivity index (χ3n) is 2.75. The van der Waals surface area contributed by atoms with Gasteiger partial charge in [0.15, 0.2) is 0 Å². The number of carboxylic acids is 1. The highest BCUT2D eigenvalue weighted by atomic mass is 32.2. The van der Waals surface area contributed by atoms with Crippen LogP contribution in [-0.4, -0.2) is 122 Å². The lowest BCUT2D eigenvalue weighted by Gasteiger charge is -2.24. The van der Waals surface area contributed by atoms with Crippen LogP contribution < -0.4 is 11.1 Å². The van der Waals surface area contributed by atoms with E-state index in [-0.39, 0.29) is 24.0 Å². The highest BCUT2D eigenvalue weighted by Gasteiger charge is 2.29. The summed E-state index contributed by atoms with van der Waals surface area (Å²) in [6.45, 7) is -0.217. The lowest BCUT2D eigenvalue weighted by Crippen LogP contribution is -2.46. The Hall–Kier alpha value is -1.08. The van der Waals surface area contributed by atoms with Gasteiger partial charge in [-0.05, 0) is 0 Å². The molecule has 0 heterocycles. The highest BCUT2D eigenvalue weighted by Crippen LogP contribution is 2.04. The second kappa shape index (κ2) is 17.8. The van der Waals surface area contributed by atoms with Gasteiger partial charge in [0.25, 0.3) is 10.1 Å². The Kier molecular flexibility index (Phi) is 19.9. The van der Waals surface area contributed by atoms with Crippen LogP contribution in [0.3, 0.4) is 0 Å². The summed E-state index contributed by atoms with van der Waals surface area (Å²) in [7, 11) is -3.80. The number of nitrogens with one attached hydrogen (secondary N) is 1. The van der Waals surface area contributed by atoms with Crippen LogP contribution in [0, 0.1) is 0 Å². The topological polar surface area (TPSA) is 268 Å². The van der Waals surface area contributed by atoms with E-state index in [1.807, 2.05) is 0 Å². The molecule has 11 N–H and O–H groups in total. The maximum Gasteiger partial charge on any atom is 0.327 e. The molecular formula is C13H30N2O12S2. The van der Waals surface area contributed by atoms with Gasteiger partial charge in [0.05, 0.1) is 19.0 Å². The van der Waals surface area contributed by atoms with E-state index in [4.69, 9.17) is 46.0 Å². The molecule has 0 spiro atoms. The number of carboxylic acid groups (broad SMARTS) is 1. The fourth-order valence-electron chi connectivity index (χ4n) is 1.25. The SMILES string of the molecule is CC(=O)NC(CS)C(=O)O.NCCS(=O)(=O)O.OC[C@@H](O)[C@@H](O)[C@H](O)[C@H](O)CO. The lowest BCUT2D eigenvalue weighted by atomic mass is 10.0. The van der Waals surface area contributed by atoms with Gasteiger partial charge >= 0.3 is 5.97 Å². The monoisotopic (exact) mass is 470 g/mol. The van der Waals surface area contributed by atoms with E-state index in [0.717, 1.165) is 0 Å². The minimum atomic E-state index is -3.80. The minimum absolute atomic E-state index is 0.0289. The third kappa shape index (κ3) is 20.0. The number of amides is 1. The summed E-state index contributed by atoms with van der Waals surface area (Å²) >= 11 is 3.73. The summed E-state index contributed by atoms with van der Waals surface area (Å²) < 4.78 is 27.3. The molecule has 0 saturated carbocycles. The van der Waals surface area contributed by atoms with Gasteiger partial charge in [-0.25, -0.2) is 4.79 Å². The number of rotatable bonds is 10. The summed E-state index contributed by atoms with van der Waals surface area (Å²) in [4.78, 5) is 20.5. The molecule has 0 saturated heterocycles. The normalized spacial score (nSPS) is 15.9. The van der Waals surface area contributed by atoms with Gasteiger partial charge in [-0.15, -0.1) is 0 Å². The van der Waals surface area contributed by atoms with Gasteiger partial charge in [0, 0.05) is 19.2 Å². The molecule has 0 rings (SSSR count). The van der Waals surface area contributed by atoms with Crippen LogP contribution in [0.25, 0.3) is 0 Å². The first-order valence-corrected chi connectivity index (χ1v) is 10.1. The van der Waals surface area contributed by atoms with Crippen molar-refractivity contribution in [3.05, 3.63) is 0 Å². The zero-order valence-corrected chi connectivity index (χ0v) is 17.3. The molecule has 16 heteroatoms. The molecule has 176 valence electrons. The molecule has 1 amide bonds. The van der Waals surface area contributed by atoms with Crippen LogP contribution in [0.5, 0.6) is 0 Å². The fraction of sp³-hybridized carbons (Fsp3) is 0.846. The molecule has 0 aromatic rings. The minimum Gasteiger partial charge on any atom is -0.480 e. The van der Waals surface area contributed by atoms with Crippen molar-refractivity contribution in [1.29, 1.82) is 0 Å². The van der Waals surface area contributed by atoms with Crippen LogP contribution in [-0.2, 0) is 19.7 Å². The Morgan fingerprint density at radius 3 is 1.52 bits per heavy atom. The zero-order chi connectivity index (χ0) is 23.8. The van der Waals surface area contributed by atoms with Crippen molar-refractivity contribution in [3.63, 3.8) is 0 Å². The number of hydrogen-bond donors (Lipinski definition) is 11. The lowest BCUT2D eigenvalue weighted by molar-refractivity contribution is -0.140. The Balaban J connectivity index is -0.000000362. The van der Waals surface area contributed by atoms with Crippen molar-refractivity contribution in [2.45, 2.75) is 37.4 Å². The molecule has 1 unspecified atom stereocenters. The average molecular weight is 471 g/mol. The molecule has 5 atom stereocenters. The van der Waals surface area contributed by atoms with Gasteiger partial charge in [0.1, 0.15) is 30.5 Å². The molecule has 14 nitrogen and oxygen atoms in total. The predicted molar refractivity (Wildman–Crippen MR) is 103 cm³/mol. The number of hydrogen-bond acceptors (Lipinski definition) is 12. The van der Waals surface area contributed by atoms with Gasteiger partial charge in [-0.1, -0.05) is 0 Å². The van der Waals surface area contributed by atoms with Gasteiger partial charge in [-0.2, -0.15) is 21.0 Å². The quantitative estimate of drug-likeness (QED) is 0.105. The molecular weight excluding hydrogens is 440 g/mol. The van der Waals surface area contributed by atoms with E-state index in [9.17, 15) is 18.0 Å². The van der Waals surface area contributed by atoms with Gasteiger partial charge < -0.3 is 46.8 Å². The van der Waals surface area contributed by atoms with Crippen LogP contribution in [0.1, 0.15) is 6.92 Å². The fourth-order valence-corrected chi connectivity index (χ4v) is 1.80. The summed E-state index contributed by atoms with van der Waals surface area (Å²) in [6, 6.07) is -0.874. The van der Waals surface area contributed by atoms with Crippen molar-refractivity contribution >= 4 is 34.6 Å². The maximum atomic E-state index is 10.3. The molecule has 29 heavy (non-hydrogen) atoms.